The van der Waals surface area contributed by atoms with E-state index in [0.29, 0.717) is 6.42 Å². The largest absolute Gasteiger partial charge is 0.394 e. The number of rotatable bonds is 68. The standard InChI is InChI=1S/C82H155NO18/c1-3-5-7-9-11-13-15-17-19-21-23-25-27-28-29-30-31-32-33-34-35-36-38-40-42-44-46-48-50-52-54-56-58-60-70(88)83-65(66(87)59-57-55-53-51-49-47-45-43-41-39-37-26-24-22-20-18-16-14-12-10-8-6-4-2)64-96-80-76(94)73(91)78(68(62-85)98-80)101-82-77(95)74(92)79(69(63-86)99-82)100-81-75(93)72(90)71(89)67(61-84)97-81/h21,23,57,59,65-69,71-82,84-87,89-95H,3-20,22,24-56,58,60-64H2,1-2H3,(H,83,88)/b23-21-,59-57+. The van der Waals surface area contributed by atoms with Crippen LogP contribution in [0.15, 0.2) is 24.3 Å². The fourth-order valence-corrected chi connectivity index (χ4v) is 14.5. The molecule has 12 N–H and O–H groups in total. The Hall–Kier alpha value is -1.73. The van der Waals surface area contributed by atoms with E-state index in [9.17, 15) is 61.0 Å². The smallest absolute Gasteiger partial charge is 0.220 e. The Bertz CT molecular complexity index is 1920. The number of aliphatic hydroxyl groups is 11. The van der Waals surface area contributed by atoms with Gasteiger partial charge in [-0.3, -0.25) is 4.79 Å². The number of carbonyl (C=O) groups is 1. The van der Waals surface area contributed by atoms with E-state index in [2.05, 4.69) is 31.3 Å². The summed E-state index contributed by atoms with van der Waals surface area (Å²) in [5.74, 6) is -0.267. The SMILES string of the molecule is CCCCCCCCCC/C=C\CCCCCCCCCCCCCCCCCCCCCCCC(=O)NC(COC1OC(CO)C(OC2OC(CO)C(OC3OC(CO)C(O)C(O)C3O)C(O)C2O)C(O)C1O)C(O)/C=C/CCCCCCCCCCCCCCCCCCCCCCC. The second kappa shape index (κ2) is 63.2. The summed E-state index contributed by atoms with van der Waals surface area (Å²) in [6, 6.07) is -0.972. The minimum Gasteiger partial charge on any atom is -0.394 e. The lowest BCUT2D eigenvalue weighted by molar-refractivity contribution is -0.379. The number of nitrogens with one attached hydrogen (secondary N) is 1. The van der Waals surface area contributed by atoms with Gasteiger partial charge in [-0.2, -0.15) is 0 Å². The second-order valence-corrected chi connectivity index (χ2v) is 30.3. The maximum absolute atomic E-state index is 13.5. The summed E-state index contributed by atoms with van der Waals surface area (Å²) in [7, 11) is 0. The highest BCUT2D eigenvalue weighted by molar-refractivity contribution is 5.76. The van der Waals surface area contributed by atoms with Crippen LogP contribution in [0.4, 0.5) is 0 Å². The van der Waals surface area contributed by atoms with E-state index < -0.39 is 124 Å². The van der Waals surface area contributed by atoms with Crippen molar-refractivity contribution in [1.82, 2.24) is 5.32 Å². The van der Waals surface area contributed by atoms with Gasteiger partial charge in [0.05, 0.1) is 38.6 Å². The van der Waals surface area contributed by atoms with Crippen LogP contribution in [-0.4, -0.2) is 193 Å². The van der Waals surface area contributed by atoms with Crippen LogP contribution in [0.5, 0.6) is 0 Å². The van der Waals surface area contributed by atoms with Crippen LogP contribution in [0.25, 0.3) is 0 Å². The minimum atomic E-state index is -1.98. The predicted octanol–water partition coefficient (Wildman–Crippen LogP) is 14.5. The van der Waals surface area contributed by atoms with E-state index >= 15 is 0 Å². The van der Waals surface area contributed by atoms with Crippen molar-refractivity contribution in [2.75, 3.05) is 26.4 Å². The zero-order valence-corrected chi connectivity index (χ0v) is 63.9. The fraction of sp³-hybridized carbons (Fsp3) is 0.939. The first-order valence-corrected chi connectivity index (χ1v) is 42.1. The molecule has 0 aromatic heterocycles. The third-order valence-electron chi connectivity index (χ3n) is 21.2. The fourth-order valence-electron chi connectivity index (χ4n) is 14.5. The Labute approximate surface area is 613 Å². The monoisotopic (exact) mass is 1440 g/mol. The summed E-state index contributed by atoms with van der Waals surface area (Å²) < 4.78 is 34.5. The molecule has 0 radical (unpaired) electrons. The number of allylic oxidation sites excluding steroid dienone is 3. The average molecular weight is 1440 g/mol. The number of unbranched alkanes of at least 4 members (excludes halogenated alkanes) is 50. The number of hydrogen-bond acceptors (Lipinski definition) is 18. The highest BCUT2D eigenvalue weighted by atomic mass is 16.8. The van der Waals surface area contributed by atoms with Gasteiger partial charge in [-0.1, -0.05) is 334 Å². The summed E-state index contributed by atoms with van der Waals surface area (Å²) in [5.41, 5.74) is 0. The van der Waals surface area contributed by atoms with Crippen molar-refractivity contribution >= 4 is 5.91 Å². The quantitative estimate of drug-likeness (QED) is 0.0199. The maximum atomic E-state index is 13.5. The van der Waals surface area contributed by atoms with Crippen molar-refractivity contribution in [2.24, 2.45) is 0 Å². The number of aliphatic hydroxyl groups excluding tert-OH is 11. The van der Waals surface area contributed by atoms with E-state index in [1.807, 2.05) is 6.08 Å². The van der Waals surface area contributed by atoms with Gasteiger partial charge in [0.1, 0.15) is 73.2 Å². The Kier molecular flexibility index (Phi) is 58.5. The molecule has 3 fully saturated rings. The number of carbonyl (C=O) groups excluding carboxylic acids is 1. The lowest BCUT2D eigenvalue weighted by atomic mass is 9.96. The third kappa shape index (κ3) is 43.2. The van der Waals surface area contributed by atoms with Crippen molar-refractivity contribution in [3.05, 3.63) is 24.3 Å². The molecule has 0 aromatic rings. The molecule has 0 bridgehead atoms. The van der Waals surface area contributed by atoms with Gasteiger partial charge in [-0.25, -0.2) is 0 Å². The normalized spacial score (nSPS) is 26.4. The molecule has 101 heavy (non-hydrogen) atoms. The third-order valence-corrected chi connectivity index (χ3v) is 21.2. The van der Waals surface area contributed by atoms with Crippen molar-refractivity contribution in [2.45, 2.75) is 465 Å². The molecule has 0 spiro atoms. The van der Waals surface area contributed by atoms with Gasteiger partial charge in [0.2, 0.25) is 5.91 Å². The van der Waals surface area contributed by atoms with Crippen LogP contribution in [0.2, 0.25) is 0 Å². The molecule has 17 atom stereocenters. The van der Waals surface area contributed by atoms with Gasteiger partial charge in [0.15, 0.2) is 18.9 Å². The predicted molar refractivity (Wildman–Crippen MR) is 402 cm³/mol. The molecule has 0 saturated carbocycles. The molecule has 3 aliphatic rings. The van der Waals surface area contributed by atoms with Gasteiger partial charge < -0.3 is 89.9 Å². The van der Waals surface area contributed by atoms with Crippen LogP contribution in [0, 0.1) is 0 Å². The maximum Gasteiger partial charge on any atom is 0.220 e. The molecular formula is C82H155NO18. The zero-order valence-electron chi connectivity index (χ0n) is 63.9. The molecule has 0 aliphatic carbocycles. The van der Waals surface area contributed by atoms with Crippen molar-refractivity contribution in [3.8, 4) is 0 Å². The molecule has 17 unspecified atom stereocenters. The Morgan fingerprint density at radius 1 is 0.347 bits per heavy atom. The molecule has 596 valence electrons. The summed E-state index contributed by atoms with van der Waals surface area (Å²) >= 11 is 0. The minimum absolute atomic E-state index is 0.249. The van der Waals surface area contributed by atoms with Crippen LogP contribution >= 0.6 is 0 Å². The first-order valence-electron chi connectivity index (χ1n) is 42.1. The molecule has 19 nitrogen and oxygen atoms in total. The molecule has 1 amide bonds. The van der Waals surface area contributed by atoms with Gasteiger partial charge in [0.25, 0.3) is 0 Å². The average Bonchev–Trinajstić information content (AvgIpc) is 0.783. The van der Waals surface area contributed by atoms with Crippen molar-refractivity contribution in [3.63, 3.8) is 0 Å². The highest BCUT2D eigenvalue weighted by Gasteiger charge is 2.54. The summed E-state index contributed by atoms with van der Waals surface area (Å²) in [5, 5.41) is 121. The highest BCUT2D eigenvalue weighted by Crippen LogP contribution is 2.33. The second-order valence-electron chi connectivity index (χ2n) is 30.3. The van der Waals surface area contributed by atoms with Crippen molar-refractivity contribution in [1.29, 1.82) is 0 Å². The Morgan fingerprint density at radius 3 is 0.960 bits per heavy atom. The van der Waals surface area contributed by atoms with E-state index in [-0.39, 0.29) is 18.9 Å². The number of ether oxygens (including phenoxy) is 6. The van der Waals surface area contributed by atoms with Gasteiger partial charge in [-0.15, -0.1) is 0 Å². The Morgan fingerprint density at radius 2 is 0.624 bits per heavy atom. The van der Waals surface area contributed by atoms with Crippen LogP contribution in [0.1, 0.15) is 361 Å². The summed E-state index contributed by atoms with van der Waals surface area (Å²) in [6.45, 7) is 1.80. The van der Waals surface area contributed by atoms with Gasteiger partial charge >= 0.3 is 0 Å². The number of amides is 1. The van der Waals surface area contributed by atoms with E-state index in [0.717, 1.165) is 44.9 Å². The van der Waals surface area contributed by atoms with Crippen LogP contribution in [-0.2, 0) is 33.2 Å². The molecule has 3 aliphatic heterocycles. The van der Waals surface area contributed by atoms with E-state index in [1.165, 1.54) is 289 Å². The first-order chi connectivity index (χ1) is 49.3. The van der Waals surface area contributed by atoms with E-state index in [1.54, 1.807) is 6.08 Å². The van der Waals surface area contributed by atoms with Crippen LogP contribution < -0.4 is 5.32 Å². The summed E-state index contributed by atoms with van der Waals surface area (Å²) in [6.07, 6.45) is 50.3. The van der Waals surface area contributed by atoms with Gasteiger partial charge in [0, 0.05) is 6.42 Å². The molecule has 0 aromatic carbocycles. The topological polar surface area (TPSA) is 307 Å². The zero-order chi connectivity index (χ0) is 73.2. The lowest BCUT2D eigenvalue weighted by Gasteiger charge is -2.48. The molecular weight excluding hydrogens is 1290 g/mol. The molecule has 3 rings (SSSR count). The van der Waals surface area contributed by atoms with E-state index in [4.69, 9.17) is 28.4 Å². The molecule has 19 heteroatoms. The molecule has 3 heterocycles. The van der Waals surface area contributed by atoms with Gasteiger partial charge in [-0.05, 0) is 44.9 Å². The van der Waals surface area contributed by atoms with Crippen molar-refractivity contribution < 1.29 is 89.4 Å². The van der Waals surface area contributed by atoms with Crippen LogP contribution in [0.3, 0.4) is 0 Å². The first kappa shape index (κ1) is 93.5. The number of hydrogen-bond donors (Lipinski definition) is 12. The molecule has 3 saturated heterocycles. The lowest BCUT2D eigenvalue weighted by Crippen LogP contribution is -2.66. The Balaban J connectivity index is 1.34. The summed E-state index contributed by atoms with van der Waals surface area (Å²) in [4.78, 5) is 13.5.